The van der Waals surface area contributed by atoms with Crippen molar-refractivity contribution < 1.29 is 9.84 Å². The Morgan fingerprint density at radius 3 is 1.94 bits per heavy atom. The molecule has 0 radical (unpaired) electrons. The zero-order valence-electron chi connectivity index (χ0n) is 11.0. The third-order valence-corrected chi connectivity index (χ3v) is 2.14. The molecule has 2 heteroatoms. The molecular weight excluding hydrogens is 200 g/mol. The molecule has 1 aromatic rings. The summed E-state index contributed by atoms with van der Waals surface area (Å²) in [7, 11) is 0. The largest absolute Gasteiger partial charge is 0.488 e. The van der Waals surface area contributed by atoms with E-state index in [4.69, 9.17) is 9.84 Å². The fourth-order valence-electron chi connectivity index (χ4n) is 1.20. The lowest BCUT2D eigenvalue weighted by molar-refractivity contribution is 0.129. The number of hydrogen-bond acceptors (Lipinski definition) is 2. The smallest absolute Gasteiger partial charge is 0.119 e. The Morgan fingerprint density at radius 1 is 1.06 bits per heavy atom. The summed E-state index contributed by atoms with van der Waals surface area (Å²) in [5.41, 5.74) is 1.30. The van der Waals surface area contributed by atoms with Gasteiger partial charge in [-0.15, -0.1) is 0 Å². The lowest BCUT2D eigenvalue weighted by Crippen LogP contribution is -2.16. The van der Waals surface area contributed by atoms with Crippen molar-refractivity contribution in [1.82, 2.24) is 0 Å². The van der Waals surface area contributed by atoms with E-state index in [1.165, 1.54) is 5.56 Å². The van der Waals surface area contributed by atoms with Gasteiger partial charge in [0.05, 0.1) is 6.61 Å². The molecule has 0 bridgehead atoms. The molecule has 0 aromatic heterocycles. The van der Waals surface area contributed by atoms with Crippen LogP contribution in [-0.4, -0.2) is 17.8 Å². The minimum absolute atomic E-state index is 0.0476. The molecule has 0 spiro atoms. The van der Waals surface area contributed by atoms with Crippen molar-refractivity contribution >= 4 is 0 Å². The normalized spacial score (nSPS) is 11.7. The van der Waals surface area contributed by atoms with Crippen LogP contribution in [0.4, 0.5) is 0 Å². The van der Waals surface area contributed by atoms with E-state index < -0.39 is 0 Å². The van der Waals surface area contributed by atoms with E-state index in [9.17, 15) is 0 Å². The van der Waals surface area contributed by atoms with Gasteiger partial charge in [0.25, 0.3) is 0 Å². The summed E-state index contributed by atoms with van der Waals surface area (Å²) in [6, 6.07) is 8.01. The Hall–Kier alpha value is -1.02. The molecule has 1 rings (SSSR count). The lowest BCUT2D eigenvalue weighted by Gasteiger charge is -2.12. The highest BCUT2D eigenvalue weighted by atomic mass is 16.5. The first-order valence-electron chi connectivity index (χ1n) is 6.01. The standard InChI is InChI=1S/C12H18O2.C2H6/c1-9(2)11-4-6-12(7-5-11)14-10(3)8-13;1-2/h4-7,9-10,13H,8H2,1-3H3;1-2H3. The van der Waals surface area contributed by atoms with Crippen molar-refractivity contribution in [3.05, 3.63) is 29.8 Å². The summed E-state index contributed by atoms with van der Waals surface area (Å²) in [5, 5.41) is 8.81. The van der Waals surface area contributed by atoms with E-state index in [0.717, 1.165) is 5.75 Å². The summed E-state index contributed by atoms with van der Waals surface area (Å²) in [6.45, 7) is 10.2. The van der Waals surface area contributed by atoms with E-state index >= 15 is 0 Å². The maximum atomic E-state index is 8.81. The molecule has 0 fully saturated rings. The van der Waals surface area contributed by atoms with Gasteiger partial charge in [0.15, 0.2) is 0 Å². The maximum absolute atomic E-state index is 8.81. The molecule has 1 unspecified atom stereocenters. The van der Waals surface area contributed by atoms with Crippen LogP contribution in [0.3, 0.4) is 0 Å². The molecule has 0 aliphatic heterocycles. The first-order chi connectivity index (χ1) is 7.63. The van der Waals surface area contributed by atoms with Gasteiger partial charge in [0.1, 0.15) is 11.9 Å². The Morgan fingerprint density at radius 2 is 1.56 bits per heavy atom. The third-order valence-electron chi connectivity index (χ3n) is 2.14. The van der Waals surface area contributed by atoms with Crippen LogP contribution in [0.5, 0.6) is 5.75 Å². The zero-order chi connectivity index (χ0) is 12.6. The van der Waals surface area contributed by atoms with Gasteiger partial charge in [0.2, 0.25) is 0 Å². The van der Waals surface area contributed by atoms with E-state index in [2.05, 4.69) is 26.0 Å². The minimum Gasteiger partial charge on any atom is -0.488 e. The van der Waals surface area contributed by atoms with Crippen LogP contribution in [0.15, 0.2) is 24.3 Å². The predicted octanol–water partition coefficient (Wildman–Crippen LogP) is 3.60. The topological polar surface area (TPSA) is 29.5 Å². The molecule has 92 valence electrons. The first-order valence-corrected chi connectivity index (χ1v) is 6.01. The Kier molecular flexibility index (Phi) is 7.65. The average molecular weight is 224 g/mol. The molecule has 0 saturated carbocycles. The van der Waals surface area contributed by atoms with Gasteiger partial charge >= 0.3 is 0 Å². The number of ether oxygens (including phenoxy) is 1. The summed E-state index contributed by atoms with van der Waals surface area (Å²) >= 11 is 0. The molecule has 0 saturated heterocycles. The fourth-order valence-corrected chi connectivity index (χ4v) is 1.20. The first kappa shape index (κ1) is 15.0. The molecule has 0 aliphatic carbocycles. The second kappa shape index (κ2) is 8.17. The minimum atomic E-state index is -0.139. The van der Waals surface area contributed by atoms with E-state index in [-0.39, 0.29) is 12.7 Å². The number of rotatable bonds is 4. The lowest BCUT2D eigenvalue weighted by atomic mass is 10.0. The Bertz CT molecular complexity index is 265. The van der Waals surface area contributed by atoms with E-state index in [0.29, 0.717) is 5.92 Å². The van der Waals surface area contributed by atoms with Crippen LogP contribution in [0.25, 0.3) is 0 Å². The fraction of sp³-hybridized carbons (Fsp3) is 0.571. The van der Waals surface area contributed by atoms with Gasteiger partial charge in [-0.1, -0.05) is 39.8 Å². The van der Waals surface area contributed by atoms with Crippen molar-refractivity contribution in [2.45, 2.75) is 46.6 Å². The van der Waals surface area contributed by atoms with Gasteiger partial charge in [-0.25, -0.2) is 0 Å². The molecule has 1 atom stereocenters. The second-order valence-corrected chi connectivity index (χ2v) is 3.83. The summed E-state index contributed by atoms with van der Waals surface area (Å²) in [6.07, 6.45) is -0.139. The van der Waals surface area contributed by atoms with Crippen molar-refractivity contribution in [2.24, 2.45) is 0 Å². The number of aliphatic hydroxyl groups is 1. The highest BCUT2D eigenvalue weighted by Gasteiger charge is 2.02. The third kappa shape index (κ3) is 5.17. The second-order valence-electron chi connectivity index (χ2n) is 3.83. The van der Waals surface area contributed by atoms with Crippen LogP contribution in [0.2, 0.25) is 0 Å². The summed E-state index contributed by atoms with van der Waals surface area (Å²) < 4.78 is 5.45. The Balaban J connectivity index is 0.00000106. The van der Waals surface area contributed by atoms with Crippen LogP contribution in [0, 0.1) is 0 Å². The van der Waals surface area contributed by atoms with Crippen molar-refractivity contribution in [3.63, 3.8) is 0 Å². The number of hydrogen-bond donors (Lipinski definition) is 1. The zero-order valence-corrected chi connectivity index (χ0v) is 11.0. The highest BCUT2D eigenvalue weighted by Crippen LogP contribution is 2.19. The van der Waals surface area contributed by atoms with Gasteiger partial charge in [0, 0.05) is 0 Å². The van der Waals surface area contributed by atoms with Crippen LogP contribution in [-0.2, 0) is 0 Å². The summed E-state index contributed by atoms with van der Waals surface area (Å²) in [5.74, 6) is 1.36. The van der Waals surface area contributed by atoms with Gasteiger partial charge in [-0.3, -0.25) is 0 Å². The SMILES string of the molecule is CC.CC(CO)Oc1ccc(C(C)C)cc1. The molecule has 1 aromatic carbocycles. The number of benzene rings is 1. The monoisotopic (exact) mass is 224 g/mol. The highest BCUT2D eigenvalue weighted by molar-refractivity contribution is 5.28. The van der Waals surface area contributed by atoms with Crippen LogP contribution < -0.4 is 4.74 Å². The van der Waals surface area contributed by atoms with E-state index in [1.54, 1.807) is 0 Å². The molecule has 2 nitrogen and oxygen atoms in total. The van der Waals surface area contributed by atoms with Gasteiger partial charge in [-0.05, 0) is 30.5 Å². The molecule has 0 heterocycles. The summed E-state index contributed by atoms with van der Waals surface area (Å²) in [4.78, 5) is 0. The van der Waals surface area contributed by atoms with Crippen molar-refractivity contribution in [1.29, 1.82) is 0 Å². The molecule has 0 aliphatic rings. The maximum Gasteiger partial charge on any atom is 0.119 e. The van der Waals surface area contributed by atoms with Crippen LogP contribution >= 0.6 is 0 Å². The number of aliphatic hydroxyl groups excluding tert-OH is 1. The van der Waals surface area contributed by atoms with Gasteiger partial charge < -0.3 is 9.84 Å². The quantitative estimate of drug-likeness (QED) is 0.846. The predicted molar refractivity (Wildman–Crippen MR) is 69.1 cm³/mol. The molecular formula is C14H24O2. The van der Waals surface area contributed by atoms with Gasteiger partial charge in [-0.2, -0.15) is 0 Å². The molecule has 0 amide bonds. The average Bonchev–Trinajstić information content (AvgIpc) is 2.32. The molecule has 1 N–H and O–H groups in total. The Labute approximate surface area is 99.3 Å². The van der Waals surface area contributed by atoms with Crippen molar-refractivity contribution in [3.8, 4) is 5.75 Å². The van der Waals surface area contributed by atoms with E-state index in [1.807, 2.05) is 32.9 Å². The van der Waals surface area contributed by atoms with Crippen molar-refractivity contribution in [2.75, 3.05) is 6.61 Å². The van der Waals surface area contributed by atoms with Crippen LogP contribution in [0.1, 0.15) is 46.1 Å². The molecule has 16 heavy (non-hydrogen) atoms.